The molecule has 0 radical (unpaired) electrons. The second-order valence-corrected chi connectivity index (χ2v) is 4.54. The van der Waals surface area contributed by atoms with E-state index >= 15 is 0 Å². The smallest absolute Gasteiger partial charge is 0.351 e. The number of rotatable bonds is 2. The van der Waals surface area contributed by atoms with E-state index in [0.29, 0.717) is 0 Å². The molecule has 3 rings (SSSR count). The Balaban J connectivity index is 0.000000272. The third-order valence-electron chi connectivity index (χ3n) is 3.04. The van der Waals surface area contributed by atoms with Crippen molar-refractivity contribution >= 4 is 5.82 Å². The molecule has 0 saturated carbocycles. The second-order valence-electron chi connectivity index (χ2n) is 4.54. The van der Waals surface area contributed by atoms with E-state index in [1.54, 1.807) is 0 Å². The summed E-state index contributed by atoms with van der Waals surface area (Å²) in [4.78, 5) is 17.9. The highest BCUT2D eigenvalue weighted by molar-refractivity contribution is 5.23. The molecule has 8 nitrogen and oxygen atoms in total. The fourth-order valence-corrected chi connectivity index (χ4v) is 1.97. The number of hydrogen-bond donors (Lipinski definition) is 4. The molecule has 1 saturated heterocycles. The molecule has 0 unspecified atom stereocenters. The molecule has 2 aromatic heterocycles. The van der Waals surface area contributed by atoms with Gasteiger partial charge in [-0.1, -0.05) is 0 Å². The fraction of sp³-hybridized carbons (Fsp3) is 0.385. The first-order valence-electron chi connectivity index (χ1n) is 6.48. The van der Waals surface area contributed by atoms with Crippen molar-refractivity contribution in [1.82, 2.24) is 14.5 Å². The Bertz CT molecular complexity index is 581. The predicted octanol–water partition coefficient (Wildman–Crippen LogP) is -0.519. The van der Waals surface area contributed by atoms with Crippen LogP contribution in [0, 0.1) is 0 Å². The lowest BCUT2D eigenvalue weighted by atomic mass is 10.2. The maximum atomic E-state index is 11.5. The molecule has 21 heavy (non-hydrogen) atoms. The van der Waals surface area contributed by atoms with Gasteiger partial charge in [-0.05, 0) is 18.2 Å². The van der Waals surface area contributed by atoms with E-state index in [4.69, 9.17) is 15.6 Å². The van der Waals surface area contributed by atoms with E-state index < -0.39 is 24.1 Å². The molecule has 0 aliphatic carbocycles. The van der Waals surface area contributed by atoms with Gasteiger partial charge in [0, 0.05) is 25.0 Å². The van der Waals surface area contributed by atoms with Crippen LogP contribution in [0.4, 0.5) is 5.82 Å². The lowest BCUT2D eigenvalue weighted by Gasteiger charge is -2.13. The average molecular weight is 294 g/mol. The number of nitrogens with zero attached hydrogens (tertiary/aromatic N) is 2. The summed E-state index contributed by atoms with van der Waals surface area (Å²) in [5.74, 6) is 0.138. The van der Waals surface area contributed by atoms with Crippen molar-refractivity contribution in [1.29, 1.82) is 0 Å². The van der Waals surface area contributed by atoms with Crippen LogP contribution in [0.5, 0.6) is 0 Å². The first kappa shape index (κ1) is 15.2. The maximum Gasteiger partial charge on any atom is 0.351 e. The number of aromatic nitrogens is 3. The lowest BCUT2D eigenvalue weighted by molar-refractivity contribution is -0.0458. The normalized spacial score (nSPS) is 24.4. The van der Waals surface area contributed by atoms with Gasteiger partial charge >= 0.3 is 5.69 Å². The van der Waals surface area contributed by atoms with Crippen molar-refractivity contribution in [2.75, 3.05) is 12.3 Å². The van der Waals surface area contributed by atoms with Crippen molar-refractivity contribution in [3.8, 4) is 0 Å². The van der Waals surface area contributed by atoms with Crippen LogP contribution in [-0.2, 0) is 4.74 Å². The fourth-order valence-electron chi connectivity index (χ4n) is 1.97. The zero-order chi connectivity index (χ0) is 15.2. The molecule has 0 bridgehead atoms. The Hall–Kier alpha value is -2.16. The number of H-pyrrole nitrogens is 1. The standard InChI is InChI=1S/C9H13N3O4.C4H5N/c10-7-1-2-12(9(15)11-7)8-3-5(14)6(4-13)16-8;1-2-4-5-3-1/h1-2,5-6,8,13-14H,3-4H2,(H2,10,11,15);1-5H/t5-,6+,8+;/m0./s1. The third kappa shape index (κ3) is 3.91. The zero-order valence-corrected chi connectivity index (χ0v) is 11.3. The quantitative estimate of drug-likeness (QED) is 0.590. The van der Waals surface area contributed by atoms with E-state index in [2.05, 4.69) is 9.97 Å². The van der Waals surface area contributed by atoms with Crippen LogP contribution >= 0.6 is 0 Å². The molecule has 1 aliphatic rings. The van der Waals surface area contributed by atoms with E-state index in [1.807, 2.05) is 24.5 Å². The van der Waals surface area contributed by atoms with Crippen LogP contribution in [0.2, 0.25) is 0 Å². The topological polar surface area (TPSA) is 126 Å². The van der Waals surface area contributed by atoms with Crippen molar-refractivity contribution in [2.24, 2.45) is 0 Å². The number of nitrogens with two attached hydrogens (primary N) is 1. The molecular formula is C13H18N4O4. The number of nitrogen functional groups attached to an aromatic ring is 1. The monoisotopic (exact) mass is 294 g/mol. The van der Waals surface area contributed by atoms with Crippen LogP contribution in [0.1, 0.15) is 12.6 Å². The minimum atomic E-state index is -0.778. The lowest BCUT2D eigenvalue weighted by Crippen LogP contribution is -2.27. The highest BCUT2D eigenvalue weighted by atomic mass is 16.5. The number of ether oxygens (including phenoxy) is 1. The maximum absolute atomic E-state index is 11.5. The summed E-state index contributed by atoms with van der Waals surface area (Å²) >= 11 is 0. The van der Waals surface area contributed by atoms with E-state index in [1.165, 1.54) is 16.8 Å². The van der Waals surface area contributed by atoms with Gasteiger partial charge in [0.15, 0.2) is 0 Å². The van der Waals surface area contributed by atoms with E-state index in [-0.39, 0.29) is 18.8 Å². The van der Waals surface area contributed by atoms with Crippen molar-refractivity contribution in [3.05, 3.63) is 47.3 Å². The summed E-state index contributed by atoms with van der Waals surface area (Å²) in [6.07, 6.45) is 3.42. The summed E-state index contributed by atoms with van der Waals surface area (Å²) in [5.41, 5.74) is 4.82. The Labute approximate surface area is 120 Å². The van der Waals surface area contributed by atoms with Crippen LogP contribution in [0.25, 0.3) is 0 Å². The minimum absolute atomic E-state index is 0.138. The molecule has 114 valence electrons. The predicted molar refractivity (Wildman–Crippen MR) is 75.3 cm³/mol. The number of anilines is 1. The van der Waals surface area contributed by atoms with Gasteiger partial charge in [-0.2, -0.15) is 4.98 Å². The number of hydrogen-bond acceptors (Lipinski definition) is 6. The summed E-state index contributed by atoms with van der Waals surface area (Å²) < 4.78 is 6.56. The van der Waals surface area contributed by atoms with Gasteiger partial charge in [0.05, 0.1) is 12.7 Å². The third-order valence-corrected chi connectivity index (χ3v) is 3.04. The average Bonchev–Trinajstić information content (AvgIpc) is 3.11. The molecule has 3 atom stereocenters. The molecule has 1 fully saturated rings. The molecule has 8 heteroatoms. The van der Waals surface area contributed by atoms with Gasteiger partial charge in [0.25, 0.3) is 0 Å². The largest absolute Gasteiger partial charge is 0.394 e. The van der Waals surface area contributed by atoms with Crippen LogP contribution in [0.15, 0.2) is 41.6 Å². The number of aliphatic hydroxyl groups excluding tert-OH is 2. The summed E-state index contributed by atoms with van der Waals surface area (Å²) in [5, 5.41) is 18.4. The number of aromatic amines is 1. The minimum Gasteiger partial charge on any atom is -0.394 e. The Kier molecular flexibility index (Phi) is 5.09. The number of nitrogens with one attached hydrogen (secondary N) is 1. The van der Waals surface area contributed by atoms with Gasteiger partial charge in [0.1, 0.15) is 18.1 Å². The van der Waals surface area contributed by atoms with Gasteiger partial charge < -0.3 is 25.7 Å². The molecule has 3 heterocycles. The highest BCUT2D eigenvalue weighted by Gasteiger charge is 2.34. The Morgan fingerprint density at radius 2 is 2.19 bits per heavy atom. The van der Waals surface area contributed by atoms with Crippen molar-refractivity contribution < 1.29 is 14.9 Å². The molecular weight excluding hydrogens is 276 g/mol. The Morgan fingerprint density at radius 3 is 2.67 bits per heavy atom. The van der Waals surface area contributed by atoms with Crippen molar-refractivity contribution in [2.45, 2.75) is 24.9 Å². The molecule has 0 aromatic carbocycles. The summed E-state index contributed by atoms with van der Waals surface area (Å²) in [6.45, 7) is -0.283. The van der Waals surface area contributed by atoms with Crippen LogP contribution in [-0.4, -0.2) is 43.6 Å². The van der Waals surface area contributed by atoms with E-state index in [9.17, 15) is 9.90 Å². The first-order chi connectivity index (χ1) is 10.1. The Morgan fingerprint density at radius 1 is 1.48 bits per heavy atom. The molecule has 2 aromatic rings. The summed E-state index contributed by atoms with van der Waals surface area (Å²) in [7, 11) is 0. The van der Waals surface area contributed by atoms with Gasteiger partial charge in [-0.15, -0.1) is 0 Å². The molecule has 0 spiro atoms. The first-order valence-corrected chi connectivity index (χ1v) is 6.48. The van der Waals surface area contributed by atoms with Gasteiger partial charge in [-0.25, -0.2) is 4.79 Å². The van der Waals surface area contributed by atoms with Crippen LogP contribution < -0.4 is 11.4 Å². The molecule has 5 N–H and O–H groups in total. The zero-order valence-electron chi connectivity index (χ0n) is 11.3. The van der Waals surface area contributed by atoms with Crippen molar-refractivity contribution in [3.63, 3.8) is 0 Å². The van der Waals surface area contributed by atoms with Gasteiger partial charge in [0.2, 0.25) is 0 Å². The SMILES string of the molecule is Nc1ccn([C@H]2C[C@H](O)[C@@H](CO)O2)c(=O)n1.c1cc[nH]c1. The highest BCUT2D eigenvalue weighted by Crippen LogP contribution is 2.27. The summed E-state index contributed by atoms with van der Waals surface area (Å²) in [6, 6.07) is 5.36. The second kappa shape index (κ2) is 7.02. The molecule has 0 amide bonds. The van der Waals surface area contributed by atoms with Gasteiger partial charge in [-0.3, -0.25) is 4.57 Å². The number of aliphatic hydroxyl groups is 2. The van der Waals surface area contributed by atoms with E-state index in [0.717, 1.165) is 0 Å². The van der Waals surface area contributed by atoms with Crippen LogP contribution in [0.3, 0.4) is 0 Å². The molecule has 1 aliphatic heterocycles.